The number of nitrogens with one attached hydrogen (secondary N) is 1. The lowest BCUT2D eigenvalue weighted by Crippen LogP contribution is -2.46. The summed E-state index contributed by atoms with van der Waals surface area (Å²) >= 11 is 1.97. The zero-order valence-electron chi connectivity index (χ0n) is 12.8. The molecular formula is C15H28N2OS. The van der Waals surface area contributed by atoms with Gasteiger partial charge in [-0.15, -0.1) is 0 Å². The average Bonchev–Trinajstić information content (AvgIpc) is 2.98. The quantitative estimate of drug-likeness (QED) is 0.842. The molecule has 0 bridgehead atoms. The summed E-state index contributed by atoms with van der Waals surface area (Å²) in [5.74, 6) is 0.308. The van der Waals surface area contributed by atoms with Gasteiger partial charge in [0, 0.05) is 11.3 Å². The second-order valence-electron chi connectivity index (χ2n) is 6.28. The summed E-state index contributed by atoms with van der Waals surface area (Å²) < 4.78 is 0.309. The zero-order chi connectivity index (χ0) is 14.1. The SMILES string of the molecule is CCC1NC(C)(CC)C(=O)N1CC1(SC)CCCC1. The number of rotatable bonds is 5. The zero-order valence-corrected chi connectivity index (χ0v) is 13.6. The Morgan fingerprint density at radius 2 is 2.00 bits per heavy atom. The van der Waals surface area contributed by atoms with Crippen molar-refractivity contribution in [2.24, 2.45) is 0 Å². The number of carbonyl (C=O) groups excluding carboxylic acids is 1. The third-order valence-corrected chi connectivity index (χ3v) is 6.50. The van der Waals surface area contributed by atoms with Crippen molar-refractivity contribution in [3.63, 3.8) is 0 Å². The van der Waals surface area contributed by atoms with Crippen molar-refractivity contribution in [1.29, 1.82) is 0 Å². The van der Waals surface area contributed by atoms with Gasteiger partial charge in [-0.05, 0) is 38.9 Å². The van der Waals surface area contributed by atoms with E-state index in [0.717, 1.165) is 19.4 Å². The highest BCUT2D eigenvalue weighted by atomic mass is 32.2. The first-order chi connectivity index (χ1) is 9.00. The Balaban J connectivity index is 2.15. The van der Waals surface area contributed by atoms with Crippen LogP contribution in [-0.2, 0) is 4.79 Å². The van der Waals surface area contributed by atoms with Crippen molar-refractivity contribution in [3.05, 3.63) is 0 Å². The third kappa shape index (κ3) is 2.66. The molecule has 1 saturated heterocycles. The number of amides is 1. The Labute approximate surface area is 121 Å². The van der Waals surface area contributed by atoms with Crippen LogP contribution in [0, 0.1) is 0 Å². The van der Waals surface area contributed by atoms with Crippen LogP contribution in [0.3, 0.4) is 0 Å². The summed E-state index contributed by atoms with van der Waals surface area (Å²) in [5.41, 5.74) is -0.348. The van der Waals surface area contributed by atoms with Gasteiger partial charge in [-0.1, -0.05) is 26.7 Å². The van der Waals surface area contributed by atoms with E-state index in [1.807, 2.05) is 11.8 Å². The van der Waals surface area contributed by atoms with E-state index in [2.05, 4.69) is 37.2 Å². The predicted molar refractivity (Wildman–Crippen MR) is 82.3 cm³/mol. The lowest BCUT2D eigenvalue weighted by atomic mass is 9.99. The van der Waals surface area contributed by atoms with Crippen LogP contribution >= 0.6 is 11.8 Å². The van der Waals surface area contributed by atoms with E-state index >= 15 is 0 Å². The van der Waals surface area contributed by atoms with Gasteiger partial charge in [0.2, 0.25) is 5.91 Å². The first-order valence-electron chi connectivity index (χ1n) is 7.64. The molecule has 0 spiro atoms. The van der Waals surface area contributed by atoms with Crippen LogP contribution < -0.4 is 5.32 Å². The molecule has 2 rings (SSSR count). The Morgan fingerprint density at radius 1 is 1.37 bits per heavy atom. The smallest absolute Gasteiger partial charge is 0.243 e. The van der Waals surface area contributed by atoms with Crippen molar-refractivity contribution < 1.29 is 4.79 Å². The molecule has 1 heterocycles. The Kier molecular flexibility index (Phi) is 4.51. The number of thioether (sulfide) groups is 1. The van der Waals surface area contributed by atoms with Crippen molar-refractivity contribution >= 4 is 17.7 Å². The highest BCUT2D eigenvalue weighted by Crippen LogP contribution is 2.42. The molecule has 3 nitrogen and oxygen atoms in total. The lowest BCUT2D eigenvalue weighted by Gasteiger charge is -2.34. The monoisotopic (exact) mass is 284 g/mol. The molecule has 0 aromatic rings. The molecule has 1 amide bonds. The van der Waals surface area contributed by atoms with Gasteiger partial charge in [0.1, 0.15) is 0 Å². The molecular weight excluding hydrogens is 256 g/mol. The van der Waals surface area contributed by atoms with E-state index in [1.165, 1.54) is 25.7 Å². The number of hydrogen-bond donors (Lipinski definition) is 1. The van der Waals surface area contributed by atoms with Crippen molar-refractivity contribution in [2.75, 3.05) is 12.8 Å². The standard InChI is InChI=1S/C15H28N2OS/c1-5-12-16-14(3,6-2)13(18)17(12)11-15(19-4)9-7-8-10-15/h12,16H,5-11H2,1-4H3. The third-order valence-electron chi connectivity index (χ3n) is 5.09. The first-order valence-corrected chi connectivity index (χ1v) is 8.86. The average molecular weight is 284 g/mol. The van der Waals surface area contributed by atoms with Crippen LogP contribution in [0.2, 0.25) is 0 Å². The van der Waals surface area contributed by atoms with Crippen molar-refractivity contribution in [1.82, 2.24) is 10.2 Å². The highest BCUT2D eigenvalue weighted by molar-refractivity contribution is 8.00. The van der Waals surface area contributed by atoms with Crippen LogP contribution in [-0.4, -0.2) is 40.1 Å². The molecule has 0 radical (unpaired) electrons. The fourth-order valence-electron chi connectivity index (χ4n) is 3.48. The lowest BCUT2D eigenvalue weighted by molar-refractivity contribution is -0.133. The molecule has 2 fully saturated rings. The number of nitrogens with zero attached hydrogens (tertiary/aromatic N) is 1. The van der Waals surface area contributed by atoms with E-state index in [-0.39, 0.29) is 11.7 Å². The van der Waals surface area contributed by atoms with Gasteiger partial charge < -0.3 is 4.90 Å². The minimum atomic E-state index is -0.348. The fourth-order valence-corrected chi connectivity index (χ4v) is 4.45. The van der Waals surface area contributed by atoms with Crippen LogP contribution in [0.4, 0.5) is 0 Å². The van der Waals surface area contributed by atoms with E-state index in [0.29, 0.717) is 10.7 Å². The van der Waals surface area contributed by atoms with Gasteiger partial charge in [0.15, 0.2) is 0 Å². The van der Waals surface area contributed by atoms with Crippen LogP contribution in [0.25, 0.3) is 0 Å². The molecule has 19 heavy (non-hydrogen) atoms. The van der Waals surface area contributed by atoms with Crippen LogP contribution in [0.5, 0.6) is 0 Å². The Hall–Kier alpha value is -0.220. The van der Waals surface area contributed by atoms with Gasteiger partial charge >= 0.3 is 0 Å². The predicted octanol–water partition coefficient (Wildman–Crippen LogP) is 3.00. The molecule has 2 aliphatic rings. The van der Waals surface area contributed by atoms with Gasteiger partial charge in [-0.2, -0.15) is 11.8 Å². The second-order valence-corrected chi connectivity index (χ2v) is 7.56. The molecule has 0 aromatic carbocycles. The maximum atomic E-state index is 12.7. The summed E-state index contributed by atoms with van der Waals surface area (Å²) in [6, 6.07) is 0. The van der Waals surface area contributed by atoms with Gasteiger partial charge in [-0.25, -0.2) is 0 Å². The summed E-state index contributed by atoms with van der Waals surface area (Å²) in [6.07, 6.45) is 9.45. The van der Waals surface area contributed by atoms with E-state index in [1.54, 1.807) is 0 Å². The van der Waals surface area contributed by atoms with Gasteiger partial charge in [-0.3, -0.25) is 10.1 Å². The molecule has 1 N–H and O–H groups in total. The first kappa shape index (κ1) is 15.2. The Morgan fingerprint density at radius 3 is 2.47 bits per heavy atom. The van der Waals surface area contributed by atoms with E-state index in [9.17, 15) is 4.79 Å². The van der Waals surface area contributed by atoms with Gasteiger partial charge in [0.05, 0.1) is 11.7 Å². The van der Waals surface area contributed by atoms with Gasteiger partial charge in [0.25, 0.3) is 0 Å². The van der Waals surface area contributed by atoms with Crippen LogP contribution in [0.1, 0.15) is 59.3 Å². The molecule has 2 unspecified atom stereocenters. The summed E-state index contributed by atoms with van der Waals surface area (Å²) in [5, 5.41) is 3.55. The molecule has 1 aliphatic heterocycles. The van der Waals surface area contributed by atoms with Crippen LogP contribution in [0.15, 0.2) is 0 Å². The highest BCUT2D eigenvalue weighted by Gasteiger charge is 2.48. The topological polar surface area (TPSA) is 32.3 Å². The number of carbonyl (C=O) groups is 1. The molecule has 1 saturated carbocycles. The van der Waals surface area contributed by atoms with E-state index in [4.69, 9.17) is 0 Å². The molecule has 2 atom stereocenters. The summed E-state index contributed by atoms with van der Waals surface area (Å²) in [4.78, 5) is 14.9. The molecule has 110 valence electrons. The maximum Gasteiger partial charge on any atom is 0.243 e. The number of hydrogen-bond acceptors (Lipinski definition) is 3. The maximum absolute atomic E-state index is 12.7. The molecule has 1 aliphatic carbocycles. The summed E-state index contributed by atoms with van der Waals surface area (Å²) in [7, 11) is 0. The molecule has 0 aromatic heterocycles. The van der Waals surface area contributed by atoms with E-state index < -0.39 is 0 Å². The minimum Gasteiger partial charge on any atom is -0.324 e. The fraction of sp³-hybridized carbons (Fsp3) is 0.933. The Bertz CT molecular complexity index is 341. The largest absolute Gasteiger partial charge is 0.324 e. The summed E-state index contributed by atoms with van der Waals surface area (Å²) in [6.45, 7) is 7.24. The van der Waals surface area contributed by atoms with Crippen molar-refractivity contribution in [3.8, 4) is 0 Å². The molecule has 4 heteroatoms. The van der Waals surface area contributed by atoms with Crippen molar-refractivity contribution in [2.45, 2.75) is 75.7 Å². The second kappa shape index (κ2) is 5.65. The minimum absolute atomic E-state index is 0.224. The normalized spacial score (nSPS) is 34.2.